The topological polar surface area (TPSA) is 61.0 Å². The number of rotatable bonds is 5. The lowest BCUT2D eigenvalue weighted by Gasteiger charge is -2.11. The minimum absolute atomic E-state index is 0.666. The van der Waals surface area contributed by atoms with E-state index in [0.29, 0.717) is 6.42 Å². The van der Waals surface area contributed by atoms with E-state index in [2.05, 4.69) is 34.0 Å². The maximum absolute atomic E-state index is 5.56. The zero-order valence-corrected chi connectivity index (χ0v) is 15.7. The van der Waals surface area contributed by atoms with Crippen molar-refractivity contribution in [2.24, 2.45) is 0 Å². The Labute approximate surface area is 158 Å². The van der Waals surface area contributed by atoms with Crippen molar-refractivity contribution >= 4 is 11.0 Å². The van der Waals surface area contributed by atoms with Crippen LogP contribution >= 0.6 is 0 Å². The molecule has 0 aliphatic heterocycles. The summed E-state index contributed by atoms with van der Waals surface area (Å²) in [5.41, 5.74) is 5.75. The first-order chi connectivity index (χ1) is 13.2. The van der Waals surface area contributed by atoms with Crippen LogP contribution in [0.15, 0.2) is 53.3 Å². The summed E-state index contributed by atoms with van der Waals surface area (Å²) >= 11 is 0. The third-order valence-corrected chi connectivity index (χ3v) is 4.56. The smallest absolute Gasteiger partial charge is 0.152 e. The van der Waals surface area contributed by atoms with Gasteiger partial charge >= 0.3 is 0 Å². The lowest BCUT2D eigenvalue weighted by Crippen LogP contribution is -2.02. The van der Waals surface area contributed by atoms with Gasteiger partial charge in [-0.05, 0) is 49.2 Å². The highest BCUT2D eigenvalue weighted by atomic mass is 16.5. The van der Waals surface area contributed by atoms with Crippen molar-refractivity contribution in [3.05, 3.63) is 71.6 Å². The molecular formula is C22H21N3O2. The fraction of sp³-hybridized carbons (Fsp3) is 0.227. The number of pyridine rings is 1. The number of methoxy groups -OCH3 is 1. The number of ether oxygens (including phenoxy) is 1. The molecule has 0 aliphatic carbocycles. The molecule has 0 fully saturated rings. The van der Waals surface area contributed by atoms with Crippen LogP contribution in [0.2, 0.25) is 0 Å². The van der Waals surface area contributed by atoms with Gasteiger partial charge in [-0.1, -0.05) is 13.0 Å². The lowest BCUT2D eigenvalue weighted by molar-refractivity contribution is 0.416. The van der Waals surface area contributed by atoms with E-state index in [4.69, 9.17) is 9.15 Å². The molecule has 0 bridgehead atoms. The minimum atomic E-state index is 0.666. The molecule has 0 N–H and O–H groups in total. The molecule has 3 heterocycles. The first-order valence-corrected chi connectivity index (χ1v) is 9.00. The van der Waals surface area contributed by atoms with Gasteiger partial charge in [0.1, 0.15) is 11.6 Å². The van der Waals surface area contributed by atoms with Gasteiger partial charge in [-0.3, -0.25) is 4.98 Å². The largest absolute Gasteiger partial charge is 0.496 e. The minimum Gasteiger partial charge on any atom is -0.496 e. The van der Waals surface area contributed by atoms with Crippen LogP contribution in [0.1, 0.15) is 29.7 Å². The van der Waals surface area contributed by atoms with Crippen molar-refractivity contribution in [3.8, 4) is 17.0 Å². The maximum Gasteiger partial charge on any atom is 0.152 e. The van der Waals surface area contributed by atoms with E-state index < -0.39 is 0 Å². The molecule has 0 saturated heterocycles. The van der Waals surface area contributed by atoms with Gasteiger partial charge in [0.15, 0.2) is 5.58 Å². The predicted octanol–water partition coefficient (Wildman–Crippen LogP) is 4.76. The Morgan fingerprint density at radius 2 is 1.96 bits per heavy atom. The van der Waals surface area contributed by atoms with E-state index in [9.17, 15) is 0 Å². The summed E-state index contributed by atoms with van der Waals surface area (Å²) in [6, 6.07) is 12.1. The summed E-state index contributed by atoms with van der Waals surface area (Å²) in [7, 11) is 1.67. The number of furan rings is 1. The van der Waals surface area contributed by atoms with Crippen molar-refractivity contribution in [3.63, 3.8) is 0 Å². The molecule has 4 rings (SSSR count). The summed E-state index contributed by atoms with van der Waals surface area (Å²) in [6.07, 6.45) is 4.98. The van der Waals surface area contributed by atoms with Crippen LogP contribution in [0, 0.1) is 6.92 Å². The van der Waals surface area contributed by atoms with Crippen LogP contribution in [-0.2, 0) is 12.8 Å². The molecule has 0 aliphatic rings. The lowest BCUT2D eigenvalue weighted by atomic mass is 10.0. The van der Waals surface area contributed by atoms with E-state index >= 15 is 0 Å². The highest BCUT2D eigenvalue weighted by Gasteiger charge is 2.12. The van der Waals surface area contributed by atoms with Gasteiger partial charge in [0.25, 0.3) is 0 Å². The summed E-state index contributed by atoms with van der Waals surface area (Å²) in [4.78, 5) is 13.8. The van der Waals surface area contributed by atoms with Crippen LogP contribution in [-0.4, -0.2) is 22.1 Å². The van der Waals surface area contributed by atoms with Crippen molar-refractivity contribution < 1.29 is 9.15 Å². The van der Waals surface area contributed by atoms with Crippen LogP contribution in [0.25, 0.3) is 22.2 Å². The molecule has 0 saturated carbocycles. The first kappa shape index (κ1) is 17.2. The normalized spacial score (nSPS) is 11.1. The molecule has 1 aromatic carbocycles. The Balaban J connectivity index is 1.73. The molecular weight excluding hydrogens is 338 g/mol. The fourth-order valence-electron chi connectivity index (χ4n) is 3.22. The Hall–Kier alpha value is -3.21. The van der Waals surface area contributed by atoms with Crippen molar-refractivity contribution in [2.75, 3.05) is 7.11 Å². The van der Waals surface area contributed by atoms with Gasteiger partial charge in [0.05, 0.1) is 25.3 Å². The second-order valence-electron chi connectivity index (χ2n) is 6.51. The Kier molecular flexibility index (Phi) is 4.59. The highest BCUT2D eigenvalue weighted by Crippen LogP contribution is 2.32. The van der Waals surface area contributed by atoms with Gasteiger partial charge in [-0.15, -0.1) is 0 Å². The number of aryl methyl sites for hydroxylation is 2. The Bertz CT molecular complexity index is 1100. The zero-order valence-electron chi connectivity index (χ0n) is 15.7. The molecule has 0 amide bonds. The van der Waals surface area contributed by atoms with Gasteiger partial charge in [0, 0.05) is 28.8 Å². The van der Waals surface area contributed by atoms with Crippen molar-refractivity contribution in [2.45, 2.75) is 26.7 Å². The van der Waals surface area contributed by atoms with E-state index in [1.54, 1.807) is 19.6 Å². The summed E-state index contributed by atoms with van der Waals surface area (Å²) < 4.78 is 11.0. The summed E-state index contributed by atoms with van der Waals surface area (Å²) in [6.45, 7) is 4.11. The average molecular weight is 359 g/mol. The second kappa shape index (κ2) is 7.19. The fourth-order valence-corrected chi connectivity index (χ4v) is 3.22. The van der Waals surface area contributed by atoms with Gasteiger partial charge in [-0.25, -0.2) is 9.97 Å². The molecule has 5 heteroatoms. The van der Waals surface area contributed by atoms with Crippen LogP contribution in [0.3, 0.4) is 0 Å². The number of aromatic nitrogens is 3. The van der Waals surface area contributed by atoms with Crippen LogP contribution < -0.4 is 4.74 Å². The molecule has 5 nitrogen and oxygen atoms in total. The molecule has 0 radical (unpaired) electrons. The standard InChI is InChI=1S/C22H21N3O2/c1-4-17-9-14(2)24-22(25-17)11-15-5-6-20(26-3)18(10-15)19-12-16-7-8-27-21(16)13-23-19/h5-10,12-13H,4,11H2,1-3H3. The third kappa shape index (κ3) is 3.53. The zero-order chi connectivity index (χ0) is 18.8. The highest BCUT2D eigenvalue weighted by molar-refractivity contribution is 5.82. The van der Waals surface area contributed by atoms with Crippen LogP contribution in [0.4, 0.5) is 0 Å². The predicted molar refractivity (Wildman–Crippen MR) is 105 cm³/mol. The molecule has 136 valence electrons. The number of hydrogen-bond acceptors (Lipinski definition) is 5. The van der Waals surface area contributed by atoms with Gasteiger partial charge in [-0.2, -0.15) is 0 Å². The van der Waals surface area contributed by atoms with Gasteiger partial charge in [0.2, 0.25) is 0 Å². The van der Waals surface area contributed by atoms with E-state index in [1.807, 2.05) is 31.2 Å². The van der Waals surface area contributed by atoms with E-state index in [1.165, 1.54) is 0 Å². The molecule has 4 aromatic rings. The first-order valence-electron chi connectivity index (χ1n) is 9.00. The van der Waals surface area contributed by atoms with E-state index in [-0.39, 0.29) is 0 Å². The molecule has 0 spiro atoms. The quantitative estimate of drug-likeness (QED) is 0.514. The number of fused-ring (bicyclic) bond motifs is 1. The Morgan fingerprint density at radius 1 is 1.07 bits per heavy atom. The third-order valence-electron chi connectivity index (χ3n) is 4.56. The van der Waals surface area contributed by atoms with Crippen molar-refractivity contribution in [1.29, 1.82) is 0 Å². The number of benzene rings is 1. The van der Waals surface area contributed by atoms with Gasteiger partial charge < -0.3 is 9.15 Å². The van der Waals surface area contributed by atoms with Crippen molar-refractivity contribution in [1.82, 2.24) is 15.0 Å². The summed E-state index contributed by atoms with van der Waals surface area (Å²) in [5.74, 6) is 1.62. The Morgan fingerprint density at radius 3 is 2.78 bits per heavy atom. The second-order valence-corrected chi connectivity index (χ2v) is 6.51. The molecule has 0 unspecified atom stereocenters. The number of hydrogen-bond donors (Lipinski definition) is 0. The SMILES string of the molecule is CCc1cc(C)nc(Cc2ccc(OC)c(-c3cc4ccoc4cn3)c2)n1. The van der Waals surface area contributed by atoms with E-state index in [0.717, 1.165) is 57.2 Å². The number of nitrogens with zero attached hydrogens (tertiary/aromatic N) is 3. The van der Waals surface area contributed by atoms with Crippen LogP contribution in [0.5, 0.6) is 5.75 Å². The summed E-state index contributed by atoms with van der Waals surface area (Å²) in [5, 5.41) is 1.02. The average Bonchev–Trinajstić information content (AvgIpc) is 3.15. The molecule has 27 heavy (non-hydrogen) atoms. The molecule has 3 aromatic heterocycles. The molecule has 0 atom stereocenters. The maximum atomic E-state index is 5.56. The monoisotopic (exact) mass is 359 g/mol.